The van der Waals surface area contributed by atoms with Crippen LogP contribution in [0, 0.1) is 46.3 Å². The van der Waals surface area contributed by atoms with Crippen molar-refractivity contribution in [3.05, 3.63) is 34.9 Å². The summed E-state index contributed by atoms with van der Waals surface area (Å²) < 4.78 is 92.0. The van der Waals surface area contributed by atoms with Crippen molar-refractivity contribution in [1.29, 1.82) is 5.26 Å². The second-order valence-corrected chi connectivity index (χ2v) is 15.6. The number of nitrogens with zero attached hydrogens (tertiary/aromatic N) is 4. The smallest absolute Gasteiger partial charge is 0.340 e. The average molecular weight is 800 g/mol. The molecule has 1 aromatic rings. The van der Waals surface area contributed by atoms with Gasteiger partial charge in [0.1, 0.15) is 17.9 Å². The number of hydrogen-bond acceptors (Lipinski definition) is 7. The van der Waals surface area contributed by atoms with Gasteiger partial charge in [-0.2, -0.15) is 31.6 Å². The van der Waals surface area contributed by atoms with E-state index in [-0.39, 0.29) is 47.8 Å². The Hall–Kier alpha value is -5.20. The summed E-state index contributed by atoms with van der Waals surface area (Å²) in [6.45, 7) is 11.2. The third-order valence-electron chi connectivity index (χ3n) is 11.5. The van der Waals surface area contributed by atoms with Gasteiger partial charge in [0.2, 0.25) is 17.7 Å². The number of hydrogen-bond donors (Lipinski definition) is 3. The van der Waals surface area contributed by atoms with Crippen molar-refractivity contribution >= 4 is 35.1 Å². The molecule has 5 amide bonds. The Morgan fingerprint density at radius 3 is 1.98 bits per heavy atom. The van der Waals surface area contributed by atoms with Gasteiger partial charge in [-0.05, 0) is 40.6 Å². The zero-order valence-corrected chi connectivity index (χ0v) is 32.1. The first-order valence-electron chi connectivity index (χ1n) is 17.4. The molecule has 12 nitrogen and oxygen atoms in total. The van der Waals surface area contributed by atoms with Gasteiger partial charge in [-0.25, -0.2) is 4.39 Å². The largest absolute Gasteiger partial charge is 0.471 e. The number of aromatic nitrogens is 1. The van der Waals surface area contributed by atoms with Crippen LogP contribution in [0.2, 0.25) is 0 Å². The monoisotopic (exact) mass is 799 g/mol. The number of terminal acetylenes is 1. The SMILES string of the molecule is C#C/C(=C(/C)F)c1c(C(C#N)NC(=O)C2[C@H](C)C(C)(C)CN2C(=O)CNC(=O)C(F)(F)F)cncc1C(C)(C)C1(C)CN(C(=O)CNC(=O)C(F)(F)F)C[C@@H]1C. The van der Waals surface area contributed by atoms with E-state index in [1.807, 2.05) is 6.07 Å². The molecule has 2 aliphatic heterocycles. The maximum absolute atomic E-state index is 15.3. The molecule has 1 aromatic heterocycles. The van der Waals surface area contributed by atoms with Crippen molar-refractivity contribution in [2.45, 2.75) is 85.2 Å². The average Bonchev–Trinajstić information content (AvgIpc) is 3.54. The number of nitriles is 1. The number of likely N-dealkylation sites (tertiary alicyclic amines) is 2. The number of amides is 5. The minimum absolute atomic E-state index is 0.0117. The lowest BCUT2D eigenvalue weighted by atomic mass is 9.58. The van der Waals surface area contributed by atoms with Gasteiger partial charge in [0, 0.05) is 43.2 Å². The first-order valence-corrected chi connectivity index (χ1v) is 17.4. The van der Waals surface area contributed by atoms with Gasteiger partial charge in [0.25, 0.3) is 0 Å². The van der Waals surface area contributed by atoms with E-state index in [0.29, 0.717) is 0 Å². The molecule has 0 aromatic carbocycles. The fourth-order valence-corrected chi connectivity index (χ4v) is 7.38. The molecule has 0 radical (unpaired) electrons. The van der Waals surface area contributed by atoms with Crippen molar-refractivity contribution in [3.63, 3.8) is 0 Å². The molecule has 56 heavy (non-hydrogen) atoms. The van der Waals surface area contributed by atoms with E-state index < -0.39 is 95.1 Å². The first kappa shape index (κ1) is 45.2. The van der Waals surface area contributed by atoms with Crippen molar-refractivity contribution < 1.29 is 54.7 Å². The number of alkyl halides is 6. The van der Waals surface area contributed by atoms with E-state index in [9.17, 15) is 55.6 Å². The van der Waals surface area contributed by atoms with E-state index in [4.69, 9.17) is 6.42 Å². The van der Waals surface area contributed by atoms with Crippen molar-refractivity contribution in [3.8, 4) is 18.4 Å². The molecule has 0 saturated carbocycles. The van der Waals surface area contributed by atoms with Crippen LogP contribution in [0.1, 0.15) is 78.1 Å². The molecule has 5 atom stereocenters. The lowest BCUT2D eigenvalue weighted by molar-refractivity contribution is -0.174. The van der Waals surface area contributed by atoms with Crippen molar-refractivity contribution in [2.24, 2.45) is 22.7 Å². The quantitative estimate of drug-likeness (QED) is 0.237. The summed E-state index contributed by atoms with van der Waals surface area (Å²) >= 11 is 0. The van der Waals surface area contributed by atoms with Crippen LogP contribution in [0.25, 0.3) is 5.57 Å². The maximum atomic E-state index is 15.3. The van der Waals surface area contributed by atoms with Crippen LogP contribution in [0.5, 0.6) is 0 Å². The van der Waals surface area contributed by atoms with Crippen molar-refractivity contribution in [2.75, 3.05) is 32.7 Å². The van der Waals surface area contributed by atoms with Crippen LogP contribution in [-0.2, 0) is 29.4 Å². The van der Waals surface area contributed by atoms with Crippen LogP contribution in [0.15, 0.2) is 18.2 Å². The second-order valence-electron chi connectivity index (χ2n) is 15.6. The van der Waals surface area contributed by atoms with Gasteiger partial charge < -0.3 is 25.8 Å². The molecule has 0 spiro atoms. The fraction of sp³-hybridized carbons (Fsp3) is 0.595. The van der Waals surface area contributed by atoms with Crippen LogP contribution in [0.3, 0.4) is 0 Å². The summed E-state index contributed by atoms with van der Waals surface area (Å²) in [6.07, 6.45) is -2.04. The fourth-order valence-electron chi connectivity index (χ4n) is 7.38. The lowest BCUT2D eigenvalue weighted by Crippen LogP contribution is -2.52. The molecule has 3 rings (SSSR count). The number of pyridine rings is 1. The zero-order valence-electron chi connectivity index (χ0n) is 32.1. The van der Waals surface area contributed by atoms with E-state index in [1.165, 1.54) is 22.6 Å². The van der Waals surface area contributed by atoms with Gasteiger partial charge in [-0.3, -0.25) is 29.0 Å². The number of halogens is 7. The van der Waals surface area contributed by atoms with Gasteiger partial charge in [-0.15, -0.1) is 6.42 Å². The van der Waals surface area contributed by atoms with E-state index in [0.717, 1.165) is 11.8 Å². The van der Waals surface area contributed by atoms with Gasteiger partial charge in [-0.1, -0.05) is 54.4 Å². The molecular formula is C37H44F7N7O5. The summed E-state index contributed by atoms with van der Waals surface area (Å²) in [6, 6.07) is -0.960. The summed E-state index contributed by atoms with van der Waals surface area (Å²) in [5.74, 6) is -6.78. The van der Waals surface area contributed by atoms with Crippen LogP contribution in [-0.4, -0.2) is 95.4 Å². The molecule has 306 valence electrons. The van der Waals surface area contributed by atoms with Gasteiger partial charge >= 0.3 is 24.2 Å². The third kappa shape index (κ3) is 8.92. The number of rotatable bonds is 10. The minimum Gasteiger partial charge on any atom is -0.340 e. The maximum Gasteiger partial charge on any atom is 0.471 e. The van der Waals surface area contributed by atoms with Crippen molar-refractivity contribution in [1.82, 2.24) is 30.7 Å². The molecule has 2 fully saturated rings. The molecule has 3 unspecified atom stereocenters. The molecule has 0 aliphatic carbocycles. The van der Waals surface area contributed by atoms with Crippen LogP contribution in [0.4, 0.5) is 30.7 Å². The Labute approximate surface area is 319 Å². The highest BCUT2D eigenvalue weighted by atomic mass is 19.4. The number of carbonyl (C=O) groups excluding carboxylic acids is 5. The number of carbonyl (C=O) groups is 5. The Morgan fingerprint density at radius 2 is 1.50 bits per heavy atom. The molecule has 3 heterocycles. The summed E-state index contributed by atoms with van der Waals surface area (Å²) in [5.41, 5.74) is -2.83. The van der Waals surface area contributed by atoms with E-state index in [1.54, 1.807) is 53.8 Å². The lowest BCUT2D eigenvalue weighted by Gasteiger charge is -2.46. The topological polar surface area (TPSA) is 165 Å². The molecule has 19 heteroatoms. The molecule has 3 N–H and O–H groups in total. The predicted molar refractivity (Wildman–Crippen MR) is 187 cm³/mol. The Kier molecular flexibility index (Phi) is 13.0. The minimum atomic E-state index is -5.25. The van der Waals surface area contributed by atoms with E-state index >= 15 is 4.39 Å². The molecule has 0 bridgehead atoms. The Balaban J connectivity index is 2.05. The summed E-state index contributed by atoms with van der Waals surface area (Å²) in [7, 11) is 0. The zero-order chi connectivity index (χ0) is 42.9. The van der Waals surface area contributed by atoms with Crippen LogP contribution < -0.4 is 16.0 Å². The summed E-state index contributed by atoms with van der Waals surface area (Å²) in [4.78, 5) is 69.5. The number of nitrogens with one attached hydrogen (secondary N) is 3. The molecular weight excluding hydrogens is 755 g/mol. The highest BCUT2D eigenvalue weighted by Gasteiger charge is 2.54. The predicted octanol–water partition coefficient (Wildman–Crippen LogP) is 4.09. The standard InChI is InChI=1S/C37H44F7N7O5/c1-10-22(21(4)38)28-23(25(11-45)49-30(54)29-20(3)33(5,6)17-51(29)27(53)15-48-32(56)37(42,43)44)12-46-13-24(28)34(7,8)35(9)18-50(16-19(35)2)26(52)14-47-31(55)36(39,40)41/h1,12-13,19-20,25,29H,14-18H2,2-9H3,(H,47,55)(H,48,56)(H,49,54)/b22-21+/t19-,20-,25?,29?,35?/m0/s1. The van der Waals surface area contributed by atoms with Gasteiger partial charge in [0.15, 0.2) is 0 Å². The van der Waals surface area contributed by atoms with Gasteiger partial charge in [0.05, 0.1) is 24.7 Å². The number of allylic oxidation sites excluding steroid dienone is 2. The van der Waals surface area contributed by atoms with E-state index in [2.05, 4.69) is 16.2 Å². The van der Waals surface area contributed by atoms with Crippen LogP contribution >= 0.6 is 0 Å². The molecule has 2 aliphatic rings. The summed E-state index contributed by atoms with van der Waals surface area (Å²) in [5, 5.41) is 16.1. The normalized spacial score (nSPS) is 23.3. The second kappa shape index (κ2) is 16.1. The molecule has 2 saturated heterocycles. The first-order chi connectivity index (χ1) is 25.6. The highest BCUT2D eigenvalue weighted by molar-refractivity contribution is 5.93. The third-order valence-corrected chi connectivity index (χ3v) is 11.5. The Morgan fingerprint density at radius 1 is 0.964 bits per heavy atom. The highest BCUT2D eigenvalue weighted by Crippen LogP contribution is 2.53. The Bertz CT molecular complexity index is 1880.